The van der Waals surface area contributed by atoms with Crippen LogP contribution in [0.2, 0.25) is 0 Å². The number of nitrogens with one attached hydrogen (secondary N) is 2. The molecule has 0 aliphatic carbocycles. The van der Waals surface area contributed by atoms with E-state index < -0.39 is 0 Å². The summed E-state index contributed by atoms with van der Waals surface area (Å²) in [5, 5.41) is 11.3. The Hall–Kier alpha value is -1.82. The van der Waals surface area contributed by atoms with E-state index >= 15 is 0 Å². The molecule has 0 saturated carbocycles. The largest absolute Gasteiger partial charge is 0.357 e. The SMILES string of the molecule is CCNC(=NCc1c(C)nn(C)c1C)NC(C)Cc1ccc(C)s1. The predicted octanol–water partition coefficient (Wildman–Crippen LogP) is 3.09. The van der Waals surface area contributed by atoms with Gasteiger partial charge in [0.15, 0.2) is 5.96 Å². The van der Waals surface area contributed by atoms with E-state index in [1.54, 1.807) is 0 Å². The third-order valence-electron chi connectivity index (χ3n) is 4.08. The molecule has 24 heavy (non-hydrogen) atoms. The molecule has 132 valence electrons. The van der Waals surface area contributed by atoms with Crippen LogP contribution < -0.4 is 10.6 Å². The Labute approximate surface area is 149 Å². The molecule has 0 bridgehead atoms. The van der Waals surface area contributed by atoms with Gasteiger partial charge in [-0.15, -0.1) is 11.3 Å². The van der Waals surface area contributed by atoms with Crippen molar-refractivity contribution < 1.29 is 0 Å². The van der Waals surface area contributed by atoms with Gasteiger partial charge in [-0.25, -0.2) is 4.99 Å². The maximum Gasteiger partial charge on any atom is 0.191 e. The van der Waals surface area contributed by atoms with Crippen LogP contribution in [-0.4, -0.2) is 28.3 Å². The van der Waals surface area contributed by atoms with Gasteiger partial charge in [-0.1, -0.05) is 0 Å². The highest BCUT2D eigenvalue weighted by Crippen LogP contribution is 2.17. The van der Waals surface area contributed by atoms with Crippen LogP contribution in [0.1, 0.15) is 40.6 Å². The molecule has 2 heterocycles. The van der Waals surface area contributed by atoms with E-state index in [-0.39, 0.29) is 0 Å². The number of aromatic nitrogens is 2. The second kappa shape index (κ2) is 8.33. The monoisotopic (exact) mass is 347 g/mol. The second-order valence-electron chi connectivity index (χ2n) is 6.23. The fraction of sp³-hybridized carbons (Fsp3) is 0.556. The Morgan fingerprint density at radius 2 is 2.08 bits per heavy atom. The lowest BCUT2D eigenvalue weighted by Gasteiger charge is -2.17. The molecule has 0 fully saturated rings. The minimum absolute atomic E-state index is 0.331. The van der Waals surface area contributed by atoms with Gasteiger partial charge in [0.1, 0.15) is 0 Å². The standard InChI is InChI=1S/C18H29N5S/c1-7-19-18(20-11-17-14(4)22-23(6)15(17)5)21-12(2)10-16-9-8-13(3)24-16/h8-9,12H,7,10-11H2,1-6H3,(H2,19,20,21). The third kappa shape index (κ3) is 4.84. The molecule has 2 aromatic heterocycles. The van der Waals surface area contributed by atoms with E-state index in [2.05, 4.69) is 55.6 Å². The van der Waals surface area contributed by atoms with Gasteiger partial charge in [-0.3, -0.25) is 4.68 Å². The maximum atomic E-state index is 4.75. The van der Waals surface area contributed by atoms with E-state index in [9.17, 15) is 0 Å². The van der Waals surface area contributed by atoms with Crippen molar-refractivity contribution in [3.63, 3.8) is 0 Å². The average molecular weight is 348 g/mol. The predicted molar refractivity (Wildman–Crippen MR) is 103 cm³/mol. The zero-order valence-electron chi connectivity index (χ0n) is 15.6. The minimum Gasteiger partial charge on any atom is -0.357 e. The van der Waals surface area contributed by atoms with Gasteiger partial charge in [-0.05, 0) is 46.8 Å². The highest BCUT2D eigenvalue weighted by molar-refractivity contribution is 7.11. The molecule has 0 aromatic carbocycles. The molecule has 0 aliphatic heterocycles. The number of aryl methyl sites for hydroxylation is 3. The Kier molecular flexibility index (Phi) is 6.43. The van der Waals surface area contributed by atoms with Gasteiger partial charge in [0, 0.05) is 47.1 Å². The zero-order chi connectivity index (χ0) is 17.7. The van der Waals surface area contributed by atoms with Crippen molar-refractivity contribution in [3.8, 4) is 0 Å². The number of nitrogens with zero attached hydrogens (tertiary/aromatic N) is 3. The lowest BCUT2D eigenvalue weighted by atomic mass is 10.2. The van der Waals surface area contributed by atoms with Crippen LogP contribution in [0.3, 0.4) is 0 Å². The number of thiophene rings is 1. The Balaban J connectivity index is 2.02. The van der Waals surface area contributed by atoms with Crippen molar-refractivity contribution in [3.05, 3.63) is 38.8 Å². The molecule has 2 aromatic rings. The van der Waals surface area contributed by atoms with Crippen LogP contribution in [0, 0.1) is 20.8 Å². The molecule has 1 atom stereocenters. The van der Waals surface area contributed by atoms with Crippen LogP contribution >= 0.6 is 11.3 Å². The number of hydrogen-bond donors (Lipinski definition) is 2. The molecule has 2 rings (SSSR count). The van der Waals surface area contributed by atoms with Crippen molar-refractivity contribution in [2.24, 2.45) is 12.0 Å². The van der Waals surface area contributed by atoms with Gasteiger partial charge in [0.2, 0.25) is 0 Å². The zero-order valence-corrected chi connectivity index (χ0v) is 16.4. The Bertz CT molecular complexity index is 698. The number of hydrogen-bond acceptors (Lipinski definition) is 3. The number of guanidine groups is 1. The van der Waals surface area contributed by atoms with Crippen molar-refractivity contribution >= 4 is 17.3 Å². The number of rotatable bonds is 6. The highest BCUT2D eigenvalue weighted by Gasteiger charge is 2.11. The molecule has 6 heteroatoms. The normalized spacial score (nSPS) is 13.2. The van der Waals surface area contributed by atoms with Crippen LogP contribution in [0.5, 0.6) is 0 Å². The number of aliphatic imine (C=N–C) groups is 1. The van der Waals surface area contributed by atoms with Gasteiger partial charge >= 0.3 is 0 Å². The van der Waals surface area contributed by atoms with Crippen LogP contribution in [0.25, 0.3) is 0 Å². The van der Waals surface area contributed by atoms with E-state index in [1.165, 1.54) is 21.0 Å². The fourth-order valence-corrected chi connectivity index (χ4v) is 3.72. The first-order chi connectivity index (χ1) is 11.4. The second-order valence-corrected chi connectivity index (χ2v) is 7.60. The summed E-state index contributed by atoms with van der Waals surface area (Å²) in [6.45, 7) is 12.1. The molecule has 0 saturated heterocycles. The summed E-state index contributed by atoms with van der Waals surface area (Å²) in [4.78, 5) is 7.52. The quantitative estimate of drug-likeness (QED) is 0.624. The molecule has 2 N–H and O–H groups in total. The van der Waals surface area contributed by atoms with Crippen molar-refractivity contribution in [2.45, 2.75) is 53.6 Å². The molecule has 0 aliphatic rings. The Morgan fingerprint density at radius 1 is 1.33 bits per heavy atom. The van der Waals surface area contributed by atoms with Crippen molar-refractivity contribution in [2.75, 3.05) is 6.54 Å². The first-order valence-electron chi connectivity index (χ1n) is 8.50. The van der Waals surface area contributed by atoms with Crippen LogP contribution in [-0.2, 0) is 20.0 Å². The first kappa shape index (κ1) is 18.5. The molecule has 0 amide bonds. The molecule has 0 spiro atoms. The summed E-state index contributed by atoms with van der Waals surface area (Å²) in [5.41, 5.74) is 3.43. The summed E-state index contributed by atoms with van der Waals surface area (Å²) in [6, 6.07) is 4.72. The van der Waals surface area contributed by atoms with E-state index in [0.29, 0.717) is 12.6 Å². The van der Waals surface area contributed by atoms with Crippen molar-refractivity contribution in [1.29, 1.82) is 0 Å². The lowest BCUT2D eigenvalue weighted by Crippen LogP contribution is -2.43. The third-order valence-corrected chi connectivity index (χ3v) is 5.11. The van der Waals surface area contributed by atoms with Gasteiger partial charge < -0.3 is 10.6 Å². The topological polar surface area (TPSA) is 54.2 Å². The lowest BCUT2D eigenvalue weighted by molar-refractivity contribution is 0.645. The molecular weight excluding hydrogens is 318 g/mol. The minimum atomic E-state index is 0.331. The average Bonchev–Trinajstić information content (AvgIpc) is 3.01. The van der Waals surface area contributed by atoms with Gasteiger partial charge in [-0.2, -0.15) is 5.10 Å². The summed E-state index contributed by atoms with van der Waals surface area (Å²) < 4.78 is 1.92. The Morgan fingerprint density at radius 3 is 2.62 bits per heavy atom. The molecule has 0 radical (unpaired) electrons. The van der Waals surface area contributed by atoms with Crippen molar-refractivity contribution in [1.82, 2.24) is 20.4 Å². The molecule has 5 nitrogen and oxygen atoms in total. The summed E-state index contributed by atoms with van der Waals surface area (Å²) in [6.07, 6.45) is 1.01. The van der Waals surface area contributed by atoms with Gasteiger partial charge in [0.05, 0.1) is 12.2 Å². The van der Waals surface area contributed by atoms with Crippen LogP contribution in [0.4, 0.5) is 0 Å². The summed E-state index contributed by atoms with van der Waals surface area (Å²) >= 11 is 1.86. The molecular formula is C18H29N5S. The smallest absolute Gasteiger partial charge is 0.191 e. The first-order valence-corrected chi connectivity index (χ1v) is 9.31. The summed E-state index contributed by atoms with van der Waals surface area (Å²) in [5.74, 6) is 0.862. The van der Waals surface area contributed by atoms with Gasteiger partial charge in [0.25, 0.3) is 0 Å². The molecule has 1 unspecified atom stereocenters. The maximum absolute atomic E-state index is 4.75. The van der Waals surface area contributed by atoms with E-state index in [0.717, 1.165) is 24.6 Å². The summed E-state index contributed by atoms with van der Waals surface area (Å²) in [7, 11) is 1.98. The fourth-order valence-electron chi connectivity index (χ4n) is 2.71. The van der Waals surface area contributed by atoms with E-state index in [4.69, 9.17) is 4.99 Å². The van der Waals surface area contributed by atoms with E-state index in [1.807, 2.05) is 30.0 Å². The highest BCUT2D eigenvalue weighted by atomic mass is 32.1. The van der Waals surface area contributed by atoms with Crippen LogP contribution in [0.15, 0.2) is 17.1 Å².